The van der Waals surface area contributed by atoms with Crippen molar-refractivity contribution in [3.8, 4) is 0 Å². The van der Waals surface area contributed by atoms with E-state index in [9.17, 15) is 5.11 Å². The molecule has 1 aliphatic carbocycles. The lowest BCUT2D eigenvalue weighted by atomic mass is 9.82. The minimum absolute atomic E-state index is 0.0761. The number of aliphatic hydroxyl groups is 1. The molecule has 19 heavy (non-hydrogen) atoms. The van der Waals surface area contributed by atoms with Crippen LogP contribution >= 0.6 is 0 Å². The van der Waals surface area contributed by atoms with E-state index in [-0.39, 0.29) is 6.10 Å². The molecule has 0 unspecified atom stereocenters. The van der Waals surface area contributed by atoms with Gasteiger partial charge in [0, 0.05) is 31.9 Å². The number of aromatic nitrogens is 1. The second-order valence-corrected chi connectivity index (χ2v) is 5.53. The SMILES string of the molecule is CCCNCc1cccnc1N(C)CC1CC(O)C1. The van der Waals surface area contributed by atoms with Crippen LogP contribution in [0.5, 0.6) is 0 Å². The van der Waals surface area contributed by atoms with Gasteiger partial charge in [-0.05, 0) is 37.8 Å². The van der Waals surface area contributed by atoms with Crippen LogP contribution < -0.4 is 10.2 Å². The number of rotatable bonds is 7. The van der Waals surface area contributed by atoms with E-state index in [0.29, 0.717) is 5.92 Å². The molecule has 4 nitrogen and oxygen atoms in total. The van der Waals surface area contributed by atoms with Gasteiger partial charge >= 0.3 is 0 Å². The number of nitrogens with one attached hydrogen (secondary N) is 1. The van der Waals surface area contributed by atoms with Crippen molar-refractivity contribution in [3.05, 3.63) is 23.9 Å². The fourth-order valence-corrected chi connectivity index (χ4v) is 2.64. The molecule has 0 saturated heterocycles. The summed E-state index contributed by atoms with van der Waals surface area (Å²) < 4.78 is 0. The van der Waals surface area contributed by atoms with Crippen LogP contribution in [0.3, 0.4) is 0 Å². The van der Waals surface area contributed by atoms with E-state index in [0.717, 1.165) is 44.7 Å². The minimum atomic E-state index is -0.0761. The molecule has 0 aromatic carbocycles. The van der Waals surface area contributed by atoms with Crippen LogP contribution in [0.1, 0.15) is 31.7 Å². The Balaban J connectivity index is 1.93. The molecule has 106 valence electrons. The van der Waals surface area contributed by atoms with Crippen LogP contribution in [-0.4, -0.2) is 36.3 Å². The standard InChI is InChI=1S/C15H25N3O/c1-3-6-16-10-13-5-4-7-17-15(13)18(2)11-12-8-14(19)9-12/h4-5,7,12,14,16,19H,3,6,8-11H2,1-2H3. The van der Waals surface area contributed by atoms with Gasteiger partial charge in [0.2, 0.25) is 0 Å². The van der Waals surface area contributed by atoms with Gasteiger partial charge < -0.3 is 15.3 Å². The zero-order valence-corrected chi connectivity index (χ0v) is 12.0. The van der Waals surface area contributed by atoms with Crippen LogP contribution in [0.25, 0.3) is 0 Å². The normalized spacial score (nSPS) is 22.1. The Morgan fingerprint density at radius 3 is 2.95 bits per heavy atom. The topological polar surface area (TPSA) is 48.4 Å². The van der Waals surface area contributed by atoms with Crippen LogP contribution in [0.15, 0.2) is 18.3 Å². The van der Waals surface area contributed by atoms with Gasteiger partial charge in [-0.3, -0.25) is 0 Å². The average Bonchev–Trinajstić information content (AvgIpc) is 2.38. The number of hydrogen-bond acceptors (Lipinski definition) is 4. The Labute approximate surface area is 115 Å². The number of hydrogen-bond donors (Lipinski definition) is 2. The zero-order chi connectivity index (χ0) is 13.7. The first kappa shape index (κ1) is 14.3. The molecule has 1 aromatic rings. The van der Waals surface area contributed by atoms with Crippen molar-refractivity contribution in [2.45, 2.75) is 38.8 Å². The van der Waals surface area contributed by atoms with E-state index >= 15 is 0 Å². The monoisotopic (exact) mass is 263 g/mol. The molecule has 4 heteroatoms. The van der Waals surface area contributed by atoms with Crippen LogP contribution in [0.2, 0.25) is 0 Å². The van der Waals surface area contributed by atoms with Crippen molar-refractivity contribution in [3.63, 3.8) is 0 Å². The molecule has 2 N–H and O–H groups in total. The van der Waals surface area contributed by atoms with E-state index in [1.165, 1.54) is 5.56 Å². The quantitative estimate of drug-likeness (QED) is 0.736. The summed E-state index contributed by atoms with van der Waals surface area (Å²) in [6.07, 6.45) is 4.78. The van der Waals surface area contributed by atoms with E-state index in [1.807, 2.05) is 12.3 Å². The Morgan fingerprint density at radius 1 is 1.47 bits per heavy atom. The Bertz CT molecular complexity index is 391. The molecule has 1 heterocycles. The molecule has 1 aromatic heterocycles. The largest absolute Gasteiger partial charge is 0.393 e. The second kappa shape index (κ2) is 6.87. The van der Waals surface area contributed by atoms with Gasteiger partial charge in [-0.25, -0.2) is 4.98 Å². The van der Waals surface area contributed by atoms with Crippen molar-refractivity contribution >= 4 is 5.82 Å². The summed E-state index contributed by atoms with van der Waals surface area (Å²) in [5.41, 5.74) is 1.25. The molecule has 0 atom stereocenters. The smallest absolute Gasteiger partial charge is 0.132 e. The number of aliphatic hydroxyl groups excluding tert-OH is 1. The number of nitrogens with zero attached hydrogens (tertiary/aromatic N) is 2. The molecule has 1 saturated carbocycles. The van der Waals surface area contributed by atoms with Gasteiger partial charge in [0.1, 0.15) is 5.82 Å². The molecule has 0 aliphatic heterocycles. The number of anilines is 1. The van der Waals surface area contributed by atoms with Crippen molar-refractivity contribution in [1.82, 2.24) is 10.3 Å². The highest BCUT2D eigenvalue weighted by Crippen LogP contribution is 2.29. The van der Waals surface area contributed by atoms with Gasteiger partial charge in [0.05, 0.1) is 6.10 Å². The first-order chi connectivity index (χ1) is 9.20. The van der Waals surface area contributed by atoms with E-state index < -0.39 is 0 Å². The van der Waals surface area contributed by atoms with E-state index in [1.54, 1.807) is 0 Å². The lowest BCUT2D eigenvalue weighted by Crippen LogP contribution is -2.37. The van der Waals surface area contributed by atoms with Gasteiger partial charge in [-0.1, -0.05) is 13.0 Å². The summed E-state index contributed by atoms with van der Waals surface area (Å²) in [5, 5.41) is 12.8. The summed E-state index contributed by atoms with van der Waals surface area (Å²) in [7, 11) is 2.09. The fourth-order valence-electron chi connectivity index (χ4n) is 2.64. The summed E-state index contributed by atoms with van der Waals surface area (Å²) in [5.74, 6) is 1.67. The maximum absolute atomic E-state index is 9.36. The van der Waals surface area contributed by atoms with Crippen molar-refractivity contribution in [2.24, 2.45) is 5.92 Å². The first-order valence-electron chi connectivity index (χ1n) is 7.24. The van der Waals surface area contributed by atoms with E-state index in [4.69, 9.17) is 0 Å². The lowest BCUT2D eigenvalue weighted by Gasteiger charge is -2.35. The molecule has 2 rings (SSSR count). The molecule has 0 radical (unpaired) electrons. The van der Waals surface area contributed by atoms with Crippen LogP contribution in [0.4, 0.5) is 5.82 Å². The molecule has 0 amide bonds. The molecule has 0 spiro atoms. The molecular weight excluding hydrogens is 238 g/mol. The molecule has 1 aliphatic rings. The fraction of sp³-hybridized carbons (Fsp3) is 0.667. The molecule has 1 fully saturated rings. The first-order valence-corrected chi connectivity index (χ1v) is 7.24. The van der Waals surface area contributed by atoms with Crippen LogP contribution in [-0.2, 0) is 6.54 Å². The summed E-state index contributed by atoms with van der Waals surface area (Å²) in [4.78, 5) is 6.73. The van der Waals surface area contributed by atoms with Gasteiger partial charge in [-0.15, -0.1) is 0 Å². The maximum Gasteiger partial charge on any atom is 0.132 e. The van der Waals surface area contributed by atoms with Crippen molar-refractivity contribution in [2.75, 3.05) is 25.0 Å². The van der Waals surface area contributed by atoms with E-state index in [2.05, 4.69) is 35.2 Å². The summed E-state index contributed by atoms with van der Waals surface area (Å²) in [6, 6.07) is 4.13. The van der Waals surface area contributed by atoms with Gasteiger partial charge in [-0.2, -0.15) is 0 Å². The maximum atomic E-state index is 9.36. The van der Waals surface area contributed by atoms with Crippen molar-refractivity contribution < 1.29 is 5.11 Å². The third kappa shape index (κ3) is 3.91. The highest BCUT2D eigenvalue weighted by molar-refractivity contribution is 5.46. The molecular formula is C15H25N3O. The van der Waals surface area contributed by atoms with Gasteiger partial charge in [0.15, 0.2) is 0 Å². The number of pyridine rings is 1. The Kier molecular flexibility index (Phi) is 5.16. The zero-order valence-electron chi connectivity index (χ0n) is 12.0. The summed E-state index contributed by atoms with van der Waals surface area (Å²) in [6.45, 7) is 5.06. The average molecular weight is 263 g/mol. The van der Waals surface area contributed by atoms with Gasteiger partial charge in [0.25, 0.3) is 0 Å². The lowest BCUT2D eigenvalue weighted by molar-refractivity contribution is 0.0464. The van der Waals surface area contributed by atoms with Crippen LogP contribution in [0, 0.1) is 5.92 Å². The molecule has 0 bridgehead atoms. The Morgan fingerprint density at radius 2 is 2.26 bits per heavy atom. The second-order valence-electron chi connectivity index (χ2n) is 5.53. The summed E-state index contributed by atoms with van der Waals surface area (Å²) >= 11 is 0. The van der Waals surface area contributed by atoms with Crippen molar-refractivity contribution in [1.29, 1.82) is 0 Å². The highest BCUT2D eigenvalue weighted by Gasteiger charge is 2.28. The highest BCUT2D eigenvalue weighted by atomic mass is 16.3. The predicted octanol–water partition coefficient (Wildman–Crippen LogP) is 1.79. The predicted molar refractivity (Wildman–Crippen MR) is 78.2 cm³/mol. The Hall–Kier alpha value is -1.13. The minimum Gasteiger partial charge on any atom is -0.393 e. The third-order valence-electron chi connectivity index (χ3n) is 3.71. The third-order valence-corrected chi connectivity index (χ3v) is 3.71.